The average molecular weight is 370 g/mol. The molecular weight excluding hydrogens is 361 g/mol. The van der Waals surface area contributed by atoms with Crippen molar-refractivity contribution in [1.29, 1.82) is 0 Å². The van der Waals surface area contributed by atoms with E-state index in [0.29, 0.717) is 11.3 Å². The van der Waals surface area contributed by atoms with Gasteiger partial charge in [0.2, 0.25) is 0 Å². The molecule has 0 saturated heterocycles. The maximum Gasteiger partial charge on any atom is 0.263 e. The zero-order chi connectivity index (χ0) is 17.3. The van der Waals surface area contributed by atoms with Gasteiger partial charge in [-0.25, -0.2) is 26.6 Å². The van der Waals surface area contributed by atoms with E-state index < -0.39 is 27.5 Å². The van der Waals surface area contributed by atoms with Crippen LogP contribution in [0.25, 0.3) is 11.3 Å². The van der Waals surface area contributed by atoms with Crippen LogP contribution in [0.15, 0.2) is 52.7 Å². The Bertz CT molecular complexity index is 986. The van der Waals surface area contributed by atoms with Crippen LogP contribution in [0.2, 0.25) is 0 Å². The molecule has 0 aliphatic rings. The summed E-state index contributed by atoms with van der Waals surface area (Å²) in [4.78, 5) is 3.93. The van der Waals surface area contributed by atoms with E-state index in [2.05, 4.69) is 9.71 Å². The highest BCUT2D eigenvalue weighted by molar-refractivity contribution is 7.93. The summed E-state index contributed by atoms with van der Waals surface area (Å²) in [5.74, 6) is -2.55. The van der Waals surface area contributed by atoms with Gasteiger partial charge in [-0.15, -0.1) is 11.3 Å². The van der Waals surface area contributed by atoms with E-state index in [1.165, 1.54) is 11.4 Å². The van der Waals surface area contributed by atoms with Gasteiger partial charge in [0.25, 0.3) is 10.0 Å². The lowest BCUT2D eigenvalue weighted by atomic mass is 10.2. The van der Waals surface area contributed by atoms with Crippen LogP contribution < -0.4 is 4.72 Å². The number of nitrogens with zero attached hydrogens (tertiary/aromatic N) is 1. The van der Waals surface area contributed by atoms with Crippen LogP contribution >= 0.6 is 11.3 Å². The molecule has 3 rings (SSSR count). The molecule has 0 atom stereocenters. The van der Waals surface area contributed by atoms with Crippen molar-refractivity contribution in [3.05, 3.63) is 65.3 Å². The minimum absolute atomic E-state index is 0.0547. The molecule has 0 unspecified atom stereocenters. The molecule has 0 spiro atoms. The number of halogens is 3. The molecule has 1 N–H and O–H groups in total. The largest absolute Gasteiger partial charge is 0.263 e. The molecule has 4 nitrogen and oxygen atoms in total. The highest BCUT2D eigenvalue weighted by atomic mass is 32.2. The number of thiazole rings is 1. The second kappa shape index (κ2) is 6.25. The first-order valence-corrected chi connectivity index (χ1v) is 8.91. The third-order valence-electron chi connectivity index (χ3n) is 3.07. The molecule has 1 heterocycles. The molecule has 2 aromatic carbocycles. The van der Waals surface area contributed by atoms with E-state index in [4.69, 9.17) is 0 Å². The summed E-state index contributed by atoms with van der Waals surface area (Å²) in [5, 5.41) is 1.56. The summed E-state index contributed by atoms with van der Waals surface area (Å²) in [6, 6.07) is 7.59. The smallest absolute Gasteiger partial charge is 0.255 e. The second-order valence-corrected chi connectivity index (χ2v) is 7.27. The van der Waals surface area contributed by atoms with E-state index >= 15 is 0 Å². The van der Waals surface area contributed by atoms with Gasteiger partial charge in [0.05, 0.1) is 10.6 Å². The minimum atomic E-state index is -3.92. The maximum atomic E-state index is 13.3. The molecule has 124 valence electrons. The van der Waals surface area contributed by atoms with Crippen molar-refractivity contribution in [2.75, 3.05) is 4.72 Å². The lowest BCUT2D eigenvalue weighted by Crippen LogP contribution is -2.12. The summed E-state index contributed by atoms with van der Waals surface area (Å²) < 4.78 is 65.7. The van der Waals surface area contributed by atoms with Crippen molar-refractivity contribution in [3.63, 3.8) is 0 Å². The summed E-state index contributed by atoms with van der Waals surface area (Å²) in [6.45, 7) is 0. The van der Waals surface area contributed by atoms with Gasteiger partial charge in [-0.3, -0.25) is 4.72 Å². The lowest BCUT2D eigenvalue weighted by Gasteiger charge is -2.04. The SMILES string of the molecule is O=S(=O)(Nc1nc(-c2ccc(F)c(F)c2)cs1)c1ccc(F)cc1. The van der Waals surface area contributed by atoms with Gasteiger partial charge < -0.3 is 0 Å². The topological polar surface area (TPSA) is 59.1 Å². The molecule has 0 radical (unpaired) electrons. The van der Waals surface area contributed by atoms with Gasteiger partial charge in [-0.2, -0.15) is 0 Å². The lowest BCUT2D eigenvalue weighted by molar-refractivity contribution is 0.509. The summed E-state index contributed by atoms with van der Waals surface area (Å²) in [6.07, 6.45) is 0. The predicted molar refractivity (Wildman–Crippen MR) is 84.7 cm³/mol. The minimum Gasteiger partial charge on any atom is -0.255 e. The van der Waals surface area contributed by atoms with E-state index in [-0.39, 0.29) is 10.0 Å². The number of sulfonamides is 1. The maximum absolute atomic E-state index is 13.3. The predicted octanol–water partition coefficient (Wildman–Crippen LogP) is 4.03. The first-order chi connectivity index (χ1) is 11.3. The normalized spacial score (nSPS) is 11.5. The van der Waals surface area contributed by atoms with Crippen LogP contribution in [0.1, 0.15) is 0 Å². The van der Waals surface area contributed by atoms with E-state index in [1.807, 2.05) is 0 Å². The van der Waals surface area contributed by atoms with Crippen molar-refractivity contribution < 1.29 is 21.6 Å². The van der Waals surface area contributed by atoms with Crippen molar-refractivity contribution in [2.24, 2.45) is 0 Å². The van der Waals surface area contributed by atoms with Crippen molar-refractivity contribution >= 4 is 26.5 Å². The Kier molecular flexibility index (Phi) is 4.29. The third kappa shape index (κ3) is 3.41. The molecule has 0 amide bonds. The van der Waals surface area contributed by atoms with Crippen molar-refractivity contribution in [3.8, 4) is 11.3 Å². The highest BCUT2D eigenvalue weighted by Gasteiger charge is 2.17. The van der Waals surface area contributed by atoms with Crippen LogP contribution in [-0.4, -0.2) is 13.4 Å². The first-order valence-electron chi connectivity index (χ1n) is 6.54. The Hall–Kier alpha value is -2.39. The quantitative estimate of drug-likeness (QED) is 0.754. The third-order valence-corrected chi connectivity index (χ3v) is 5.31. The number of nitrogens with one attached hydrogen (secondary N) is 1. The summed E-state index contributed by atoms with van der Waals surface area (Å²) in [7, 11) is -3.92. The van der Waals surface area contributed by atoms with Gasteiger partial charge >= 0.3 is 0 Å². The van der Waals surface area contributed by atoms with Crippen LogP contribution in [0, 0.1) is 17.5 Å². The molecule has 0 saturated carbocycles. The fraction of sp³-hybridized carbons (Fsp3) is 0. The monoisotopic (exact) mass is 370 g/mol. The molecule has 0 aliphatic heterocycles. The van der Waals surface area contributed by atoms with Crippen LogP contribution in [0.3, 0.4) is 0 Å². The Morgan fingerprint density at radius 2 is 1.67 bits per heavy atom. The van der Waals surface area contributed by atoms with Crippen LogP contribution in [0.5, 0.6) is 0 Å². The number of hydrogen-bond acceptors (Lipinski definition) is 4. The Morgan fingerprint density at radius 3 is 2.33 bits per heavy atom. The number of rotatable bonds is 4. The van der Waals surface area contributed by atoms with Gasteiger partial charge in [-0.1, -0.05) is 0 Å². The van der Waals surface area contributed by atoms with E-state index in [9.17, 15) is 21.6 Å². The summed E-state index contributed by atoms with van der Waals surface area (Å²) >= 11 is 0.987. The Labute approximate surface area is 139 Å². The Balaban J connectivity index is 1.85. The van der Waals surface area contributed by atoms with Gasteiger partial charge in [0, 0.05) is 10.9 Å². The summed E-state index contributed by atoms with van der Waals surface area (Å²) in [5.41, 5.74) is 0.619. The molecule has 24 heavy (non-hydrogen) atoms. The van der Waals surface area contributed by atoms with Crippen molar-refractivity contribution in [2.45, 2.75) is 4.90 Å². The number of benzene rings is 2. The van der Waals surface area contributed by atoms with Gasteiger partial charge in [0.15, 0.2) is 16.8 Å². The molecule has 0 aliphatic carbocycles. The van der Waals surface area contributed by atoms with Gasteiger partial charge in [-0.05, 0) is 42.5 Å². The average Bonchev–Trinajstić information content (AvgIpc) is 2.98. The number of hydrogen-bond donors (Lipinski definition) is 1. The molecule has 9 heteroatoms. The standard InChI is InChI=1S/C15H9F3N2O2S2/c16-10-2-4-11(5-3-10)24(21,22)20-15-19-14(8-23-15)9-1-6-12(17)13(18)7-9/h1-8H,(H,19,20). The van der Waals surface area contributed by atoms with Crippen LogP contribution in [-0.2, 0) is 10.0 Å². The van der Waals surface area contributed by atoms with E-state index in [1.54, 1.807) is 0 Å². The number of anilines is 1. The molecular formula is C15H9F3N2O2S2. The number of aromatic nitrogens is 1. The van der Waals surface area contributed by atoms with Gasteiger partial charge in [0.1, 0.15) is 5.82 Å². The molecule has 3 aromatic rings. The molecule has 0 fully saturated rings. The Morgan fingerprint density at radius 1 is 0.958 bits per heavy atom. The first kappa shape index (κ1) is 16.5. The van der Waals surface area contributed by atoms with Crippen LogP contribution in [0.4, 0.5) is 18.3 Å². The fourth-order valence-electron chi connectivity index (χ4n) is 1.90. The zero-order valence-electron chi connectivity index (χ0n) is 11.8. The second-order valence-electron chi connectivity index (χ2n) is 4.73. The molecule has 1 aromatic heterocycles. The van der Waals surface area contributed by atoms with Crippen molar-refractivity contribution in [1.82, 2.24) is 4.98 Å². The molecule has 0 bridgehead atoms. The van der Waals surface area contributed by atoms with E-state index in [0.717, 1.165) is 47.7 Å². The highest BCUT2D eigenvalue weighted by Crippen LogP contribution is 2.27. The zero-order valence-corrected chi connectivity index (χ0v) is 13.5. The fourth-order valence-corrected chi connectivity index (χ4v) is 3.87.